The molecule has 1 atom stereocenters. The first kappa shape index (κ1) is 72.1. The molecule has 0 N–H and O–H groups in total. The minimum atomic E-state index is -0.786. The van der Waals surface area contributed by atoms with E-state index in [1.165, 1.54) is 135 Å². The molecule has 0 heterocycles. The van der Waals surface area contributed by atoms with E-state index in [1.807, 2.05) is 0 Å². The quantitative estimate of drug-likeness (QED) is 0.0261. The second-order valence-electron chi connectivity index (χ2n) is 20.9. The summed E-state index contributed by atoms with van der Waals surface area (Å²) in [4.78, 5) is 38.1. The highest BCUT2D eigenvalue weighted by atomic mass is 16.6. The summed E-state index contributed by atoms with van der Waals surface area (Å²) in [6.07, 6.45) is 86.8. The summed E-state index contributed by atoms with van der Waals surface area (Å²) in [5.41, 5.74) is 0. The predicted molar refractivity (Wildman–Crippen MR) is 330 cm³/mol. The molecule has 0 aromatic carbocycles. The number of allylic oxidation sites excluding steroid dienone is 18. The monoisotopic (exact) mass is 1050 g/mol. The van der Waals surface area contributed by atoms with Gasteiger partial charge in [0.2, 0.25) is 0 Å². The molecule has 6 heteroatoms. The fourth-order valence-corrected chi connectivity index (χ4v) is 8.75. The lowest BCUT2D eigenvalue weighted by Gasteiger charge is -2.18. The van der Waals surface area contributed by atoms with E-state index in [9.17, 15) is 14.4 Å². The van der Waals surface area contributed by atoms with Crippen LogP contribution in [-0.2, 0) is 28.6 Å². The van der Waals surface area contributed by atoms with E-state index in [0.717, 1.165) is 122 Å². The Balaban J connectivity index is 4.21. The van der Waals surface area contributed by atoms with Crippen molar-refractivity contribution < 1.29 is 28.6 Å². The summed E-state index contributed by atoms with van der Waals surface area (Å²) in [6.45, 7) is 6.48. The molecule has 434 valence electrons. The van der Waals surface area contributed by atoms with E-state index >= 15 is 0 Å². The molecule has 0 aliphatic carbocycles. The van der Waals surface area contributed by atoms with Crippen LogP contribution < -0.4 is 0 Å². The Labute approximate surface area is 470 Å². The standard InChI is InChI=1S/C70H118O6/c1-4-7-10-13-16-19-21-23-25-27-29-31-32-33-34-35-36-37-38-40-41-43-45-47-49-51-54-57-60-63-69(72)75-66-67(65-74-68(71)62-59-56-53-18-15-12-9-6-3)76-70(73)64-61-58-55-52-50-48-46-44-42-39-30-28-26-24-22-20-17-14-11-8-5-2/h7,10,16,19,22-25,28-31,33-34,36-37,42,44,67H,4-6,8-9,11-15,17-18,20-21,26-27,32,35,38-41,43,45-66H2,1-3H3/b10-7-,19-16-,24-22-,25-23-,30-28-,31-29-,34-33-,37-36-,44-42-. The Morgan fingerprint density at radius 2 is 0.513 bits per heavy atom. The largest absolute Gasteiger partial charge is 0.462 e. The highest BCUT2D eigenvalue weighted by Crippen LogP contribution is 2.15. The molecule has 76 heavy (non-hydrogen) atoms. The predicted octanol–water partition coefficient (Wildman–Crippen LogP) is 21.8. The molecule has 6 nitrogen and oxygen atoms in total. The summed E-state index contributed by atoms with van der Waals surface area (Å²) in [5, 5.41) is 0. The molecule has 0 saturated heterocycles. The minimum absolute atomic E-state index is 0.0836. The molecule has 0 amide bonds. The van der Waals surface area contributed by atoms with Crippen molar-refractivity contribution in [2.75, 3.05) is 13.2 Å². The van der Waals surface area contributed by atoms with Crippen LogP contribution in [0, 0.1) is 0 Å². The molecule has 0 bridgehead atoms. The van der Waals surface area contributed by atoms with Crippen molar-refractivity contribution in [2.45, 2.75) is 303 Å². The zero-order chi connectivity index (χ0) is 55.0. The molecule has 0 saturated carbocycles. The number of ether oxygens (including phenoxy) is 3. The van der Waals surface area contributed by atoms with Crippen molar-refractivity contribution >= 4 is 17.9 Å². The maximum atomic E-state index is 12.9. The van der Waals surface area contributed by atoms with Gasteiger partial charge in [0.1, 0.15) is 13.2 Å². The minimum Gasteiger partial charge on any atom is -0.462 e. The average molecular weight is 1060 g/mol. The summed E-state index contributed by atoms with van der Waals surface area (Å²) in [7, 11) is 0. The van der Waals surface area contributed by atoms with Crippen LogP contribution in [0.2, 0.25) is 0 Å². The topological polar surface area (TPSA) is 78.9 Å². The molecule has 0 fully saturated rings. The Kier molecular flexibility index (Phi) is 60.3. The zero-order valence-electron chi connectivity index (χ0n) is 49.7. The normalized spacial score (nSPS) is 12.8. The number of carbonyl (C=O) groups is 3. The number of hydrogen-bond donors (Lipinski definition) is 0. The van der Waals surface area contributed by atoms with Crippen LogP contribution in [0.5, 0.6) is 0 Å². The summed E-state index contributed by atoms with van der Waals surface area (Å²) in [6, 6.07) is 0. The smallest absolute Gasteiger partial charge is 0.306 e. The van der Waals surface area contributed by atoms with Crippen LogP contribution in [-0.4, -0.2) is 37.2 Å². The van der Waals surface area contributed by atoms with Crippen molar-refractivity contribution in [3.8, 4) is 0 Å². The average Bonchev–Trinajstić information content (AvgIpc) is 3.42. The Hall–Kier alpha value is -3.93. The maximum Gasteiger partial charge on any atom is 0.306 e. The van der Waals surface area contributed by atoms with Gasteiger partial charge in [0.15, 0.2) is 6.10 Å². The third-order valence-electron chi connectivity index (χ3n) is 13.5. The van der Waals surface area contributed by atoms with Gasteiger partial charge in [-0.05, 0) is 109 Å². The van der Waals surface area contributed by atoms with Crippen LogP contribution in [0.1, 0.15) is 297 Å². The van der Waals surface area contributed by atoms with Gasteiger partial charge < -0.3 is 14.2 Å². The molecule has 0 rings (SSSR count). The van der Waals surface area contributed by atoms with Crippen molar-refractivity contribution in [3.63, 3.8) is 0 Å². The Morgan fingerprint density at radius 1 is 0.276 bits per heavy atom. The van der Waals surface area contributed by atoms with Gasteiger partial charge in [-0.1, -0.05) is 278 Å². The van der Waals surface area contributed by atoms with Crippen LogP contribution in [0.3, 0.4) is 0 Å². The second-order valence-corrected chi connectivity index (χ2v) is 20.9. The molecule has 0 aromatic heterocycles. The lowest BCUT2D eigenvalue weighted by molar-refractivity contribution is -0.167. The number of esters is 3. The lowest BCUT2D eigenvalue weighted by Crippen LogP contribution is -2.30. The first-order chi connectivity index (χ1) is 37.5. The number of rotatable bonds is 57. The van der Waals surface area contributed by atoms with E-state index in [0.29, 0.717) is 19.3 Å². The lowest BCUT2D eigenvalue weighted by atomic mass is 10.1. The summed E-state index contributed by atoms with van der Waals surface area (Å²) < 4.78 is 16.8. The Morgan fingerprint density at radius 3 is 0.803 bits per heavy atom. The Bertz CT molecular complexity index is 1540. The van der Waals surface area contributed by atoms with Gasteiger partial charge in [0, 0.05) is 19.3 Å². The maximum absolute atomic E-state index is 12.9. The van der Waals surface area contributed by atoms with Gasteiger partial charge in [0.25, 0.3) is 0 Å². The van der Waals surface area contributed by atoms with Crippen LogP contribution >= 0.6 is 0 Å². The summed E-state index contributed by atoms with van der Waals surface area (Å²) in [5.74, 6) is -0.900. The molecule has 0 aliphatic heterocycles. The number of hydrogen-bond acceptors (Lipinski definition) is 6. The molecule has 0 spiro atoms. The van der Waals surface area contributed by atoms with Crippen molar-refractivity contribution in [1.82, 2.24) is 0 Å². The van der Waals surface area contributed by atoms with Crippen LogP contribution in [0.15, 0.2) is 109 Å². The van der Waals surface area contributed by atoms with E-state index in [2.05, 4.69) is 130 Å². The first-order valence-electron chi connectivity index (χ1n) is 31.9. The molecule has 0 aliphatic rings. The van der Waals surface area contributed by atoms with E-state index < -0.39 is 6.10 Å². The van der Waals surface area contributed by atoms with E-state index in [1.54, 1.807) is 0 Å². The molecular weight excluding hydrogens is 937 g/mol. The number of carbonyl (C=O) groups excluding carboxylic acids is 3. The van der Waals surface area contributed by atoms with Gasteiger partial charge in [-0.2, -0.15) is 0 Å². The highest BCUT2D eigenvalue weighted by Gasteiger charge is 2.19. The first-order valence-corrected chi connectivity index (χ1v) is 31.9. The molecule has 0 radical (unpaired) electrons. The second kappa shape index (κ2) is 63.6. The fraction of sp³-hybridized carbons (Fsp3) is 0.700. The third kappa shape index (κ3) is 60.9. The third-order valence-corrected chi connectivity index (χ3v) is 13.5. The summed E-state index contributed by atoms with van der Waals surface area (Å²) >= 11 is 0. The van der Waals surface area contributed by atoms with Gasteiger partial charge >= 0.3 is 17.9 Å². The van der Waals surface area contributed by atoms with Crippen LogP contribution in [0.25, 0.3) is 0 Å². The SMILES string of the molecule is CC/C=C\C/C=C\C/C=C\C/C=C\C/C=C\C/C=C\CCCCCCCCCCCCC(=O)OCC(COC(=O)CCCCCCCCCC)OC(=O)CCCCCCCC/C=C\C/C=C\C/C=C\CCCCCCC. The fourth-order valence-electron chi connectivity index (χ4n) is 8.75. The van der Waals surface area contributed by atoms with Gasteiger partial charge in [-0.15, -0.1) is 0 Å². The number of unbranched alkanes of at least 4 members (excludes halogenated alkanes) is 28. The van der Waals surface area contributed by atoms with Gasteiger partial charge in [-0.3, -0.25) is 14.4 Å². The molecule has 1 unspecified atom stereocenters. The molecule has 0 aromatic rings. The van der Waals surface area contributed by atoms with Crippen molar-refractivity contribution in [3.05, 3.63) is 109 Å². The van der Waals surface area contributed by atoms with Crippen molar-refractivity contribution in [2.24, 2.45) is 0 Å². The highest BCUT2D eigenvalue weighted by molar-refractivity contribution is 5.71. The molecular formula is C70H118O6. The van der Waals surface area contributed by atoms with Gasteiger partial charge in [0.05, 0.1) is 0 Å². The zero-order valence-corrected chi connectivity index (χ0v) is 49.7. The van der Waals surface area contributed by atoms with E-state index in [-0.39, 0.29) is 31.1 Å². The van der Waals surface area contributed by atoms with Gasteiger partial charge in [-0.25, -0.2) is 0 Å². The van der Waals surface area contributed by atoms with Crippen molar-refractivity contribution in [1.29, 1.82) is 0 Å². The van der Waals surface area contributed by atoms with E-state index in [4.69, 9.17) is 14.2 Å². The van der Waals surface area contributed by atoms with Crippen LogP contribution in [0.4, 0.5) is 0 Å².